The first-order valence-corrected chi connectivity index (χ1v) is 8.13. The van der Waals surface area contributed by atoms with E-state index in [1.807, 2.05) is 30.9 Å². The van der Waals surface area contributed by atoms with Crippen LogP contribution in [-0.4, -0.2) is 56.1 Å². The Hall–Kier alpha value is -2.21. The van der Waals surface area contributed by atoms with Crippen LogP contribution in [-0.2, 0) is 9.53 Å². The number of methoxy groups -OCH3 is 1. The van der Waals surface area contributed by atoms with Crippen molar-refractivity contribution in [3.8, 4) is 0 Å². The second kappa shape index (κ2) is 13.2. The number of nitrogens with zero attached hydrogens (tertiary/aromatic N) is 2. The van der Waals surface area contributed by atoms with Crippen molar-refractivity contribution in [3.63, 3.8) is 0 Å². The third-order valence-corrected chi connectivity index (χ3v) is 3.13. The van der Waals surface area contributed by atoms with E-state index in [2.05, 4.69) is 21.6 Å². The average Bonchev–Trinajstić information content (AvgIpc) is 2.57. The number of carbonyl (C=O) groups excluding carboxylic acids is 1. The summed E-state index contributed by atoms with van der Waals surface area (Å²) >= 11 is 0. The van der Waals surface area contributed by atoms with Gasteiger partial charge in [0, 0.05) is 40.3 Å². The van der Waals surface area contributed by atoms with Gasteiger partial charge in [-0.15, -0.1) is 0 Å². The van der Waals surface area contributed by atoms with Gasteiger partial charge in [0.25, 0.3) is 0 Å². The van der Waals surface area contributed by atoms with Crippen LogP contribution in [0.15, 0.2) is 41.7 Å². The summed E-state index contributed by atoms with van der Waals surface area (Å²) in [6, 6.07) is 0. The van der Waals surface area contributed by atoms with E-state index in [0.717, 1.165) is 19.5 Å². The molecule has 134 valence electrons. The number of carbonyl (C=O) groups is 1. The zero-order valence-electron chi connectivity index (χ0n) is 15.3. The first kappa shape index (κ1) is 21.8. The molecule has 0 aromatic carbocycles. The minimum atomic E-state index is 0.184. The third kappa shape index (κ3) is 9.05. The van der Waals surface area contributed by atoms with Crippen molar-refractivity contribution in [2.24, 2.45) is 4.99 Å². The van der Waals surface area contributed by atoms with Crippen LogP contribution in [0.1, 0.15) is 26.7 Å². The van der Waals surface area contributed by atoms with Gasteiger partial charge in [0.2, 0.25) is 5.91 Å². The van der Waals surface area contributed by atoms with Crippen molar-refractivity contribution >= 4 is 17.3 Å². The molecule has 1 rings (SSSR count). The first-order valence-electron chi connectivity index (χ1n) is 8.13. The maximum absolute atomic E-state index is 11.6. The number of aliphatic imine (C=N–C) groups is 1. The predicted octanol–water partition coefficient (Wildman–Crippen LogP) is 2.55. The number of amides is 1. The second-order valence-corrected chi connectivity index (χ2v) is 5.09. The van der Waals surface area contributed by atoms with E-state index >= 15 is 0 Å². The summed E-state index contributed by atoms with van der Waals surface area (Å²) in [4.78, 5) is 17.7. The summed E-state index contributed by atoms with van der Waals surface area (Å²) < 4.78 is 4.25. The van der Waals surface area contributed by atoms with Crippen molar-refractivity contribution < 1.29 is 9.53 Å². The number of nitrogens with one attached hydrogen (secondary N) is 2. The van der Waals surface area contributed by atoms with E-state index in [9.17, 15) is 4.79 Å². The Morgan fingerprint density at radius 3 is 2.50 bits per heavy atom. The standard InChI is InChI=1S/C16H24N4O.C2H6O/c1-4-16(21)20(5-2)12-8-11-18-13(3)19-15-10-7-6-9-14(15)17;1-3-2/h6-7,9-10,17-18H,3-5,8,11-12H2,1-2H3;1-2H3/b17-14?,19-15-;. The molecule has 2 N–H and O–H groups in total. The molecule has 0 unspecified atom stereocenters. The molecule has 0 aromatic heterocycles. The van der Waals surface area contributed by atoms with E-state index in [-0.39, 0.29) is 5.91 Å². The van der Waals surface area contributed by atoms with Gasteiger partial charge in [-0.3, -0.25) is 10.2 Å². The zero-order valence-corrected chi connectivity index (χ0v) is 15.3. The van der Waals surface area contributed by atoms with Crippen LogP contribution in [0.4, 0.5) is 0 Å². The first-order chi connectivity index (χ1) is 11.5. The smallest absolute Gasteiger partial charge is 0.222 e. The van der Waals surface area contributed by atoms with Gasteiger partial charge < -0.3 is 15.0 Å². The van der Waals surface area contributed by atoms with Crippen LogP contribution in [0.25, 0.3) is 0 Å². The molecule has 0 heterocycles. The summed E-state index contributed by atoms with van der Waals surface area (Å²) in [5.74, 6) is 0.726. The van der Waals surface area contributed by atoms with Crippen LogP contribution < -0.4 is 5.32 Å². The van der Waals surface area contributed by atoms with Gasteiger partial charge in [-0.2, -0.15) is 0 Å². The van der Waals surface area contributed by atoms with Gasteiger partial charge in [-0.25, -0.2) is 4.99 Å². The van der Waals surface area contributed by atoms with Crippen molar-refractivity contribution in [2.45, 2.75) is 26.7 Å². The molecule has 1 aliphatic rings. The molecule has 6 nitrogen and oxygen atoms in total. The summed E-state index contributed by atoms with van der Waals surface area (Å²) in [6.45, 7) is 9.88. The summed E-state index contributed by atoms with van der Waals surface area (Å²) in [5, 5.41) is 10.8. The number of hydrogen-bond donors (Lipinski definition) is 2. The Bertz CT molecular complexity index is 507. The van der Waals surface area contributed by atoms with E-state index in [4.69, 9.17) is 5.41 Å². The molecule has 0 bridgehead atoms. The summed E-state index contributed by atoms with van der Waals surface area (Å²) in [6.07, 6.45) is 8.52. The van der Waals surface area contributed by atoms with Crippen LogP contribution in [0.2, 0.25) is 0 Å². The Kier molecular flexibility index (Phi) is 12.0. The lowest BCUT2D eigenvalue weighted by molar-refractivity contribution is -0.130. The van der Waals surface area contributed by atoms with Crippen LogP contribution in [0, 0.1) is 5.41 Å². The molecule has 1 amide bonds. The second-order valence-electron chi connectivity index (χ2n) is 5.09. The fraction of sp³-hybridized carbons (Fsp3) is 0.500. The lowest BCUT2D eigenvalue weighted by Gasteiger charge is -2.20. The highest BCUT2D eigenvalue weighted by molar-refractivity contribution is 6.50. The molecule has 0 radical (unpaired) electrons. The Balaban J connectivity index is 0.00000163. The third-order valence-electron chi connectivity index (χ3n) is 3.13. The van der Waals surface area contributed by atoms with Gasteiger partial charge in [0.15, 0.2) is 0 Å². The quantitative estimate of drug-likeness (QED) is 0.529. The highest BCUT2D eigenvalue weighted by Gasteiger charge is 2.08. The monoisotopic (exact) mass is 334 g/mol. The molecule has 0 atom stereocenters. The highest BCUT2D eigenvalue weighted by Crippen LogP contribution is 2.00. The molecule has 0 saturated carbocycles. The predicted molar refractivity (Wildman–Crippen MR) is 101 cm³/mol. The SMILES string of the molecule is C=C(/N=C1/C=CC=CC1=N)NCCCN(CC)C(=O)CC.COC. The summed E-state index contributed by atoms with van der Waals surface area (Å²) in [5.41, 5.74) is 0.984. The molecule has 0 aromatic rings. The van der Waals surface area contributed by atoms with Crippen molar-refractivity contribution in [2.75, 3.05) is 33.9 Å². The van der Waals surface area contributed by atoms with Crippen molar-refractivity contribution in [1.82, 2.24) is 10.2 Å². The number of rotatable bonds is 8. The minimum Gasteiger partial charge on any atom is -0.388 e. The maximum Gasteiger partial charge on any atom is 0.222 e. The van der Waals surface area contributed by atoms with Crippen LogP contribution in [0.3, 0.4) is 0 Å². The van der Waals surface area contributed by atoms with Gasteiger partial charge >= 0.3 is 0 Å². The van der Waals surface area contributed by atoms with Crippen molar-refractivity contribution in [1.29, 1.82) is 5.41 Å². The van der Waals surface area contributed by atoms with E-state index in [1.165, 1.54) is 0 Å². The van der Waals surface area contributed by atoms with E-state index in [0.29, 0.717) is 30.2 Å². The zero-order chi connectivity index (χ0) is 18.4. The maximum atomic E-state index is 11.6. The fourth-order valence-electron chi connectivity index (χ4n) is 1.94. The minimum absolute atomic E-state index is 0.184. The number of allylic oxidation sites excluding steroid dienone is 4. The number of hydrogen-bond acceptors (Lipinski definition) is 5. The fourth-order valence-corrected chi connectivity index (χ4v) is 1.94. The van der Waals surface area contributed by atoms with Gasteiger partial charge in [-0.05, 0) is 25.5 Å². The normalized spacial score (nSPS) is 14.2. The molecular formula is C18H30N4O2. The topological polar surface area (TPSA) is 77.8 Å². The molecule has 6 heteroatoms. The van der Waals surface area contributed by atoms with E-state index in [1.54, 1.807) is 26.4 Å². The lowest BCUT2D eigenvalue weighted by Crippen LogP contribution is -2.32. The molecular weight excluding hydrogens is 304 g/mol. The largest absolute Gasteiger partial charge is 0.388 e. The Labute approximate surface area is 145 Å². The number of ether oxygens (including phenoxy) is 1. The Morgan fingerprint density at radius 2 is 1.96 bits per heavy atom. The van der Waals surface area contributed by atoms with Gasteiger partial charge in [0.05, 0.1) is 11.4 Å². The van der Waals surface area contributed by atoms with Crippen LogP contribution in [0.5, 0.6) is 0 Å². The molecule has 24 heavy (non-hydrogen) atoms. The highest BCUT2D eigenvalue weighted by atomic mass is 16.4. The molecule has 0 saturated heterocycles. The van der Waals surface area contributed by atoms with Crippen LogP contribution >= 0.6 is 0 Å². The van der Waals surface area contributed by atoms with Gasteiger partial charge in [0.1, 0.15) is 5.82 Å². The molecule has 1 aliphatic carbocycles. The van der Waals surface area contributed by atoms with Crippen molar-refractivity contribution in [3.05, 3.63) is 36.7 Å². The van der Waals surface area contributed by atoms with Gasteiger partial charge in [-0.1, -0.05) is 25.7 Å². The molecule has 0 spiro atoms. The summed E-state index contributed by atoms with van der Waals surface area (Å²) in [7, 11) is 3.25. The molecule has 0 aliphatic heterocycles. The average molecular weight is 334 g/mol. The molecule has 0 fully saturated rings. The lowest BCUT2D eigenvalue weighted by atomic mass is 10.1. The van der Waals surface area contributed by atoms with E-state index < -0.39 is 0 Å². The Morgan fingerprint density at radius 1 is 1.33 bits per heavy atom.